The van der Waals surface area contributed by atoms with E-state index in [1.54, 1.807) is 36.4 Å². The number of Topliss-reactive ketones (excluding diaryl/α,β-unsaturated/α-hetero) is 1. The van der Waals surface area contributed by atoms with Crippen molar-refractivity contribution in [3.63, 3.8) is 0 Å². The van der Waals surface area contributed by atoms with Gasteiger partial charge in [-0.05, 0) is 23.8 Å². The van der Waals surface area contributed by atoms with E-state index in [9.17, 15) is 9.90 Å². The highest BCUT2D eigenvalue weighted by molar-refractivity contribution is 6.31. The van der Waals surface area contributed by atoms with Crippen LogP contribution >= 0.6 is 11.6 Å². The third-order valence-corrected chi connectivity index (χ3v) is 3.46. The van der Waals surface area contributed by atoms with Crippen LogP contribution in [0.2, 0.25) is 5.02 Å². The number of aromatic nitrogens is 3. The smallest absolute Gasteiger partial charge is 0.198 e. The van der Waals surface area contributed by atoms with Crippen LogP contribution in [0, 0.1) is 0 Å². The molecule has 1 heterocycles. The minimum absolute atomic E-state index is 0.264. The molecular formula is C16H12ClN3O2. The lowest BCUT2D eigenvalue weighted by Crippen LogP contribution is -2.16. The monoisotopic (exact) mass is 313 g/mol. The highest BCUT2D eigenvalue weighted by Crippen LogP contribution is 2.25. The standard InChI is InChI=1S/C16H12ClN3O2/c17-12-6-7-14(20-18-8-9-19-20)13(10-12)16(22)15(21)11-4-2-1-3-5-11/h1-10,15,21H. The van der Waals surface area contributed by atoms with Crippen molar-refractivity contribution >= 4 is 17.4 Å². The maximum Gasteiger partial charge on any atom is 0.198 e. The van der Waals surface area contributed by atoms with E-state index in [0.29, 0.717) is 16.3 Å². The summed E-state index contributed by atoms with van der Waals surface area (Å²) in [5.41, 5.74) is 1.25. The maximum atomic E-state index is 12.6. The van der Waals surface area contributed by atoms with Gasteiger partial charge >= 0.3 is 0 Å². The highest BCUT2D eigenvalue weighted by atomic mass is 35.5. The second kappa shape index (κ2) is 6.09. The molecule has 6 heteroatoms. The van der Waals surface area contributed by atoms with Gasteiger partial charge in [-0.3, -0.25) is 4.79 Å². The van der Waals surface area contributed by atoms with E-state index in [2.05, 4.69) is 10.2 Å². The van der Waals surface area contributed by atoms with Gasteiger partial charge in [0.05, 0.1) is 18.1 Å². The predicted octanol–water partition coefficient (Wildman–Crippen LogP) is 2.84. The topological polar surface area (TPSA) is 68.0 Å². The van der Waals surface area contributed by atoms with Crippen molar-refractivity contribution in [1.82, 2.24) is 15.0 Å². The number of hydrogen-bond donors (Lipinski definition) is 1. The number of carbonyl (C=O) groups is 1. The number of halogens is 1. The summed E-state index contributed by atoms with van der Waals surface area (Å²) < 4.78 is 0. The van der Waals surface area contributed by atoms with Crippen molar-refractivity contribution in [3.05, 3.63) is 77.1 Å². The fourth-order valence-electron chi connectivity index (χ4n) is 2.15. The number of nitrogens with zero attached hydrogens (tertiary/aromatic N) is 3. The largest absolute Gasteiger partial charge is 0.380 e. The molecule has 0 radical (unpaired) electrons. The molecule has 3 aromatic rings. The summed E-state index contributed by atoms with van der Waals surface area (Å²) in [4.78, 5) is 14.0. The number of aliphatic hydroxyl groups excluding tert-OH is 1. The molecule has 0 aliphatic carbocycles. The second-order valence-electron chi connectivity index (χ2n) is 4.66. The van der Waals surface area contributed by atoms with Crippen LogP contribution in [0.4, 0.5) is 0 Å². The van der Waals surface area contributed by atoms with E-state index >= 15 is 0 Å². The van der Waals surface area contributed by atoms with Gasteiger partial charge in [0.15, 0.2) is 5.78 Å². The number of ketones is 1. The molecule has 0 saturated heterocycles. The fourth-order valence-corrected chi connectivity index (χ4v) is 2.33. The van der Waals surface area contributed by atoms with Gasteiger partial charge in [0.25, 0.3) is 0 Å². The van der Waals surface area contributed by atoms with Crippen molar-refractivity contribution in [1.29, 1.82) is 0 Å². The molecule has 0 aliphatic heterocycles. The minimum Gasteiger partial charge on any atom is -0.380 e. The van der Waals surface area contributed by atoms with E-state index in [-0.39, 0.29) is 5.56 Å². The van der Waals surface area contributed by atoms with E-state index in [1.165, 1.54) is 23.3 Å². The molecule has 0 saturated carbocycles. The molecule has 3 rings (SSSR count). The number of rotatable bonds is 4. The third kappa shape index (κ3) is 2.77. The van der Waals surface area contributed by atoms with Crippen LogP contribution in [0.5, 0.6) is 0 Å². The zero-order valence-corrected chi connectivity index (χ0v) is 12.2. The summed E-state index contributed by atoms with van der Waals surface area (Å²) in [5.74, 6) is -0.457. The van der Waals surface area contributed by atoms with Crippen LogP contribution in [0.25, 0.3) is 5.69 Å². The predicted molar refractivity (Wildman–Crippen MR) is 82.1 cm³/mol. The molecule has 22 heavy (non-hydrogen) atoms. The van der Waals surface area contributed by atoms with E-state index in [1.807, 2.05) is 6.07 Å². The number of aliphatic hydroxyl groups is 1. The van der Waals surface area contributed by atoms with Crippen LogP contribution in [-0.4, -0.2) is 25.9 Å². The third-order valence-electron chi connectivity index (χ3n) is 3.22. The Morgan fingerprint density at radius 3 is 2.45 bits per heavy atom. The fraction of sp³-hybridized carbons (Fsp3) is 0.0625. The van der Waals surface area contributed by atoms with Gasteiger partial charge in [0, 0.05) is 10.6 Å². The average molecular weight is 314 g/mol. The van der Waals surface area contributed by atoms with Crippen molar-refractivity contribution in [2.45, 2.75) is 6.10 Å². The minimum atomic E-state index is -1.27. The normalized spacial score (nSPS) is 12.1. The summed E-state index contributed by atoms with van der Waals surface area (Å²) in [6.45, 7) is 0. The van der Waals surface area contributed by atoms with Crippen LogP contribution in [0.15, 0.2) is 60.9 Å². The summed E-state index contributed by atoms with van der Waals surface area (Å²) in [6, 6.07) is 13.5. The van der Waals surface area contributed by atoms with Crippen LogP contribution in [-0.2, 0) is 0 Å². The average Bonchev–Trinajstić information content (AvgIpc) is 3.08. The van der Waals surface area contributed by atoms with Crippen molar-refractivity contribution in [2.75, 3.05) is 0 Å². The zero-order chi connectivity index (χ0) is 15.5. The maximum absolute atomic E-state index is 12.6. The van der Waals surface area contributed by atoms with Gasteiger partial charge in [-0.25, -0.2) is 0 Å². The first-order chi connectivity index (χ1) is 10.7. The Hall–Kier alpha value is -2.50. The lowest BCUT2D eigenvalue weighted by atomic mass is 9.99. The summed E-state index contributed by atoms with van der Waals surface area (Å²) in [5, 5.41) is 18.8. The Bertz CT molecular complexity index is 788. The van der Waals surface area contributed by atoms with E-state index in [4.69, 9.17) is 11.6 Å². The van der Waals surface area contributed by atoms with E-state index in [0.717, 1.165) is 0 Å². The molecule has 0 bridgehead atoms. The summed E-state index contributed by atoms with van der Waals surface area (Å²) >= 11 is 5.99. The zero-order valence-electron chi connectivity index (χ0n) is 11.4. The summed E-state index contributed by atoms with van der Waals surface area (Å²) in [6.07, 6.45) is 1.75. The number of carbonyl (C=O) groups excluding carboxylic acids is 1. The molecule has 0 spiro atoms. The van der Waals surface area contributed by atoms with Crippen molar-refractivity contribution in [3.8, 4) is 5.69 Å². The first-order valence-corrected chi connectivity index (χ1v) is 6.98. The van der Waals surface area contributed by atoms with Gasteiger partial charge in [-0.15, -0.1) is 0 Å². The van der Waals surface area contributed by atoms with Gasteiger partial charge in [-0.2, -0.15) is 15.0 Å². The first-order valence-electron chi connectivity index (χ1n) is 6.60. The molecule has 2 aromatic carbocycles. The molecule has 1 N–H and O–H groups in total. The van der Waals surface area contributed by atoms with Gasteiger partial charge in [-0.1, -0.05) is 41.9 Å². The molecule has 1 unspecified atom stereocenters. The Morgan fingerprint density at radius 1 is 1.09 bits per heavy atom. The molecule has 1 atom stereocenters. The van der Waals surface area contributed by atoms with Crippen LogP contribution in [0.3, 0.4) is 0 Å². The van der Waals surface area contributed by atoms with Gasteiger partial charge in [0.1, 0.15) is 6.10 Å². The highest BCUT2D eigenvalue weighted by Gasteiger charge is 2.23. The quantitative estimate of drug-likeness (QED) is 0.752. The second-order valence-corrected chi connectivity index (χ2v) is 5.09. The lowest BCUT2D eigenvalue weighted by molar-refractivity contribution is 0.0747. The SMILES string of the molecule is O=C(c1cc(Cl)ccc1-n1nccn1)C(O)c1ccccc1. The molecule has 110 valence electrons. The molecule has 1 aromatic heterocycles. The van der Waals surface area contributed by atoms with Gasteiger partial charge < -0.3 is 5.11 Å². The van der Waals surface area contributed by atoms with E-state index < -0.39 is 11.9 Å². The lowest BCUT2D eigenvalue weighted by Gasteiger charge is -2.13. The Labute approximate surface area is 131 Å². The van der Waals surface area contributed by atoms with Crippen LogP contribution < -0.4 is 0 Å². The summed E-state index contributed by atoms with van der Waals surface area (Å²) in [7, 11) is 0. The Morgan fingerprint density at radius 2 is 1.77 bits per heavy atom. The Kier molecular flexibility index (Phi) is 4.00. The molecular weight excluding hydrogens is 302 g/mol. The molecule has 0 amide bonds. The molecule has 0 fully saturated rings. The first kappa shape index (κ1) is 14.4. The van der Waals surface area contributed by atoms with Crippen molar-refractivity contribution < 1.29 is 9.90 Å². The van der Waals surface area contributed by atoms with Gasteiger partial charge in [0.2, 0.25) is 0 Å². The molecule has 0 aliphatic rings. The Balaban J connectivity index is 2.04. The number of hydrogen-bond acceptors (Lipinski definition) is 4. The van der Waals surface area contributed by atoms with Crippen molar-refractivity contribution in [2.24, 2.45) is 0 Å². The molecule has 5 nitrogen and oxygen atoms in total. The van der Waals surface area contributed by atoms with Crippen LogP contribution in [0.1, 0.15) is 22.0 Å². The number of benzene rings is 2.